The van der Waals surface area contributed by atoms with Crippen LogP contribution in [0.15, 0.2) is 77.6 Å². The Hall–Kier alpha value is -3.80. The minimum absolute atomic E-state index is 0.00353. The molecular formula is C22H17N3O3. The highest BCUT2D eigenvalue weighted by Gasteiger charge is 2.14. The summed E-state index contributed by atoms with van der Waals surface area (Å²) in [5, 5.41) is 11.6. The number of hydrogen-bond acceptors (Lipinski definition) is 4. The van der Waals surface area contributed by atoms with Crippen molar-refractivity contribution in [3.05, 3.63) is 104 Å². The number of fused-ring (bicyclic) bond motifs is 1. The minimum Gasteiger partial charge on any atom is -0.288 e. The summed E-state index contributed by atoms with van der Waals surface area (Å²) in [6, 6.07) is 21.3. The van der Waals surface area contributed by atoms with Crippen molar-refractivity contribution in [3.63, 3.8) is 0 Å². The molecule has 0 aliphatic rings. The molecule has 0 aliphatic heterocycles. The van der Waals surface area contributed by atoms with Crippen molar-refractivity contribution in [3.8, 4) is 11.4 Å². The number of non-ortho nitro benzene ring substituents is 1. The van der Waals surface area contributed by atoms with Crippen molar-refractivity contribution in [2.45, 2.75) is 13.5 Å². The fourth-order valence-corrected chi connectivity index (χ4v) is 3.19. The molecule has 0 atom stereocenters. The van der Waals surface area contributed by atoms with Crippen molar-refractivity contribution in [1.82, 2.24) is 9.55 Å². The summed E-state index contributed by atoms with van der Waals surface area (Å²) in [4.78, 5) is 28.6. The van der Waals surface area contributed by atoms with Crippen LogP contribution in [0.3, 0.4) is 0 Å². The average Bonchev–Trinajstić information content (AvgIpc) is 2.71. The molecule has 6 heteroatoms. The van der Waals surface area contributed by atoms with Gasteiger partial charge in [0.2, 0.25) is 0 Å². The largest absolute Gasteiger partial charge is 0.288 e. The molecule has 0 saturated heterocycles. The Morgan fingerprint density at radius 3 is 2.50 bits per heavy atom. The Balaban J connectivity index is 1.92. The topological polar surface area (TPSA) is 78.0 Å². The normalized spacial score (nSPS) is 10.9. The van der Waals surface area contributed by atoms with E-state index in [0.717, 1.165) is 11.1 Å². The molecule has 6 nitrogen and oxygen atoms in total. The van der Waals surface area contributed by atoms with E-state index in [-0.39, 0.29) is 17.8 Å². The molecule has 0 saturated carbocycles. The predicted octanol–water partition coefficient (Wildman–Crippen LogP) is 4.33. The van der Waals surface area contributed by atoms with Gasteiger partial charge in [0.05, 0.1) is 22.4 Å². The van der Waals surface area contributed by atoms with Crippen molar-refractivity contribution < 1.29 is 4.92 Å². The van der Waals surface area contributed by atoms with Crippen molar-refractivity contribution in [1.29, 1.82) is 0 Å². The van der Waals surface area contributed by atoms with Crippen LogP contribution in [0.25, 0.3) is 22.3 Å². The molecule has 4 rings (SSSR count). The molecule has 138 valence electrons. The predicted molar refractivity (Wildman–Crippen MR) is 108 cm³/mol. The Bertz CT molecular complexity index is 1240. The van der Waals surface area contributed by atoms with Gasteiger partial charge in [0.15, 0.2) is 0 Å². The van der Waals surface area contributed by atoms with Crippen LogP contribution >= 0.6 is 0 Å². The highest BCUT2D eigenvalue weighted by molar-refractivity contribution is 5.79. The third-order valence-electron chi connectivity index (χ3n) is 4.63. The van der Waals surface area contributed by atoms with E-state index in [4.69, 9.17) is 4.98 Å². The van der Waals surface area contributed by atoms with Crippen LogP contribution < -0.4 is 5.56 Å². The molecule has 3 aromatic carbocycles. The smallest absolute Gasteiger partial charge is 0.269 e. The third-order valence-corrected chi connectivity index (χ3v) is 4.63. The van der Waals surface area contributed by atoms with Crippen molar-refractivity contribution in [2.75, 3.05) is 0 Å². The monoisotopic (exact) mass is 371 g/mol. The first-order chi connectivity index (χ1) is 13.5. The van der Waals surface area contributed by atoms with Crippen LogP contribution in [0.5, 0.6) is 0 Å². The first kappa shape index (κ1) is 17.6. The second-order valence-corrected chi connectivity index (χ2v) is 6.64. The lowest BCUT2D eigenvalue weighted by Gasteiger charge is -2.14. The number of nitrogens with zero attached hydrogens (tertiary/aromatic N) is 3. The molecule has 28 heavy (non-hydrogen) atoms. The summed E-state index contributed by atoms with van der Waals surface area (Å²) in [6.07, 6.45) is 0. The van der Waals surface area contributed by atoms with Gasteiger partial charge in [0.1, 0.15) is 5.82 Å². The van der Waals surface area contributed by atoms with E-state index in [0.29, 0.717) is 22.3 Å². The second kappa shape index (κ2) is 7.08. The molecule has 0 N–H and O–H groups in total. The molecular weight excluding hydrogens is 354 g/mol. The first-order valence-electron chi connectivity index (χ1n) is 8.83. The number of rotatable bonds is 4. The minimum atomic E-state index is -0.439. The lowest BCUT2D eigenvalue weighted by atomic mass is 10.1. The van der Waals surface area contributed by atoms with Gasteiger partial charge in [-0.3, -0.25) is 19.5 Å². The van der Waals surface area contributed by atoms with E-state index in [1.165, 1.54) is 12.1 Å². The molecule has 1 heterocycles. The SMILES string of the molecule is Cc1ccc(-c2nc3ccccc3c(=O)n2Cc2cccc([N+](=O)[O-])c2)cc1. The van der Waals surface area contributed by atoms with Gasteiger partial charge in [-0.2, -0.15) is 0 Å². The molecule has 0 bridgehead atoms. The highest BCUT2D eigenvalue weighted by atomic mass is 16.6. The zero-order chi connectivity index (χ0) is 19.7. The van der Waals surface area contributed by atoms with E-state index in [1.54, 1.807) is 28.8 Å². The van der Waals surface area contributed by atoms with Gasteiger partial charge in [0, 0.05) is 17.7 Å². The van der Waals surface area contributed by atoms with Crippen molar-refractivity contribution >= 4 is 16.6 Å². The number of nitro groups is 1. The third kappa shape index (κ3) is 3.27. The molecule has 0 amide bonds. The zero-order valence-corrected chi connectivity index (χ0v) is 15.2. The number of aromatic nitrogens is 2. The molecule has 0 radical (unpaired) electrons. The molecule has 0 fully saturated rings. The number of benzene rings is 3. The van der Waals surface area contributed by atoms with Gasteiger partial charge in [-0.15, -0.1) is 0 Å². The number of aryl methyl sites for hydroxylation is 1. The Morgan fingerprint density at radius 1 is 1.00 bits per heavy atom. The summed E-state index contributed by atoms with van der Waals surface area (Å²) in [7, 11) is 0. The maximum absolute atomic E-state index is 13.2. The summed E-state index contributed by atoms with van der Waals surface area (Å²) >= 11 is 0. The maximum atomic E-state index is 13.2. The molecule has 1 aromatic heterocycles. The summed E-state index contributed by atoms with van der Waals surface area (Å²) in [6.45, 7) is 2.19. The fourth-order valence-electron chi connectivity index (χ4n) is 3.19. The highest BCUT2D eigenvalue weighted by Crippen LogP contribution is 2.21. The van der Waals surface area contributed by atoms with Gasteiger partial charge in [-0.1, -0.05) is 54.1 Å². The number of hydrogen-bond donors (Lipinski definition) is 0. The van der Waals surface area contributed by atoms with Crippen LogP contribution in [0.4, 0.5) is 5.69 Å². The average molecular weight is 371 g/mol. The van der Waals surface area contributed by atoms with E-state index in [9.17, 15) is 14.9 Å². The molecule has 0 aliphatic carbocycles. The van der Waals surface area contributed by atoms with Gasteiger partial charge in [0.25, 0.3) is 11.2 Å². The Labute approximate surface area is 160 Å². The fraction of sp³-hybridized carbons (Fsp3) is 0.0909. The van der Waals surface area contributed by atoms with Gasteiger partial charge >= 0.3 is 0 Å². The summed E-state index contributed by atoms with van der Waals surface area (Å²) in [5.74, 6) is 0.537. The van der Waals surface area contributed by atoms with Gasteiger partial charge < -0.3 is 0 Å². The first-order valence-corrected chi connectivity index (χ1v) is 8.83. The zero-order valence-electron chi connectivity index (χ0n) is 15.2. The summed E-state index contributed by atoms with van der Waals surface area (Å²) in [5.41, 5.74) is 3.04. The van der Waals surface area contributed by atoms with E-state index in [1.807, 2.05) is 43.3 Å². The Kier molecular flexibility index (Phi) is 4.45. The standard InChI is InChI=1S/C22H17N3O3/c1-15-9-11-17(12-10-15)21-23-20-8-3-2-7-19(20)22(26)24(21)14-16-5-4-6-18(13-16)25(27)28/h2-13H,14H2,1H3. The summed E-state index contributed by atoms with van der Waals surface area (Å²) < 4.78 is 1.58. The van der Waals surface area contributed by atoms with Crippen LogP contribution in [0.1, 0.15) is 11.1 Å². The van der Waals surface area contributed by atoms with Crippen LogP contribution in [0, 0.1) is 17.0 Å². The lowest BCUT2D eigenvalue weighted by molar-refractivity contribution is -0.384. The van der Waals surface area contributed by atoms with Crippen LogP contribution in [-0.4, -0.2) is 14.5 Å². The van der Waals surface area contributed by atoms with E-state index < -0.39 is 4.92 Å². The molecule has 0 spiro atoms. The van der Waals surface area contributed by atoms with Crippen LogP contribution in [-0.2, 0) is 6.54 Å². The maximum Gasteiger partial charge on any atom is 0.269 e. The van der Waals surface area contributed by atoms with Crippen molar-refractivity contribution in [2.24, 2.45) is 0 Å². The number of para-hydroxylation sites is 1. The Morgan fingerprint density at radius 2 is 1.75 bits per heavy atom. The van der Waals surface area contributed by atoms with Crippen LogP contribution in [0.2, 0.25) is 0 Å². The second-order valence-electron chi connectivity index (χ2n) is 6.64. The number of nitro benzene ring substituents is 1. The van der Waals surface area contributed by atoms with E-state index in [2.05, 4.69) is 0 Å². The molecule has 4 aromatic rings. The van der Waals surface area contributed by atoms with Gasteiger partial charge in [-0.25, -0.2) is 4.98 Å². The van der Waals surface area contributed by atoms with Gasteiger partial charge in [-0.05, 0) is 24.6 Å². The quantitative estimate of drug-likeness (QED) is 0.395. The lowest BCUT2D eigenvalue weighted by Crippen LogP contribution is -2.24. The molecule has 0 unspecified atom stereocenters. The van der Waals surface area contributed by atoms with E-state index >= 15 is 0 Å².